The van der Waals surface area contributed by atoms with Gasteiger partial charge in [0.25, 0.3) is 0 Å². The number of nitrogens with two attached hydrogens (primary N) is 1. The first-order chi connectivity index (χ1) is 7.22. The van der Waals surface area contributed by atoms with Gasteiger partial charge >= 0.3 is 0 Å². The van der Waals surface area contributed by atoms with Crippen LogP contribution in [0.15, 0.2) is 16.5 Å². The maximum atomic E-state index is 5.49. The zero-order chi connectivity index (χ0) is 11.1. The molecule has 0 aliphatic rings. The maximum absolute atomic E-state index is 5.49. The van der Waals surface area contributed by atoms with Crippen LogP contribution in [0.1, 0.15) is 38.2 Å². The van der Waals surface area contributed by atoms with Crippen molar-refractivity contribution in [1.82, 2.24) is 0 Å². The van der Waals surface area contributed by atoms with Crippen LogP contribution in [0.4, 0.5) is 0 Å². The third-order valence-corrected chi connectivity index (χ3v) is 2.23. The smallest absolute Gasteiger partial charge is 0.129 e. The minimum absolute atomic E-state index is 0.452. The molecule has 0 amide bonds. The van der Waals surface area contributed by atoms with Gasteiger partial charge in [-0.2, -0.15) is 0 Å². The van der Waals surface area contributed by atoms with Gasteiger partial charge in [0.2, 0.25) is 0 Å². The van der Waals surface area contributed by atoms with Crippen molar-refractivity contribution in [3.63, 3.8) is 0 Å². The van der Waals surface area contributed by atoms with Crippen LogP contribution in [0.3, 0.4) is 0 Å². The van der Waals surface area contributed by atoms with Gasteiger partial charge in [-0.15, -0.1) is 0 Å². The lowest BCUT2D eigenvalue weighted by molar-refractivity contribution is 0.0999. The second-order valence-corrected chi connectivity index (χ2v) is 4.16. The molecule has 2 N–H and O–H groups in total. The minimum Gasteiger partial charge on any atom is -0.462 e. The standard InChI is InChI=1S/C12H21NO2/c1-10(2)4-3-7-14-9-12-6-5-11(8-13)15-12/h5-6,10H,3-4,7-9,13H2,1-2H3. The summed E-state index contributed by atoms with van der Waals surface area (Å²) in [5, 5.41) is 0. The summed E-state index contributed by atoms with van der Waals surface area (Å²) in [5.74, 6) is 2.43. The predicted octanol–water partition coefficient (Wildman–Crippen LogP) is 2.69. The Labute approximate surface area is 91.6 Å². The van der Waals surface area contributed by atoms with Crippen LogP contribution in [0.5, 0.6) is 0 Å². The van der Waals surface area contributed by atoms with E-state index in [1.807, 2.05) is 12.1 Å². The lowest BCUT2D eigenvalue weighted by Gasteiger charge is -2.04. The van der Waals surface area contributed by atoms with Crippen LogP contribution in [-0.2, 0) is 17.9 Å². The molecule has 0 atom stereocenters. The van der Waals surface area contributed by atoms with E-state index < -0.39 is 0 Å². The van der Waals surface area contributed by atoms with Gasteiger partial charge in [-0.05, 0) is 30.9 Å². The molecule has 0 spiro atoms. The van der Waals surface area contributed by atoms with E-state index in [1.54, 1.807) is 0 Å². The van der Waals surface area contributed by atoms with Crippen LogP contribution in [0, 0.1) is 5.92 Å². The Balaban J connectivity index is 2.09. The molecule has 0 aromatic carbocycles. The number of hydrogen-bond acceptors (Lipinski definition) is 3. The summed E-state index contributed by atoms with van der Waals surface area (Å²) in [6.45, 7) is 6.25. The molecule has 15 heavy (non-hydrogen) atoms. The third kappa shape index (κ3) is 5.00. The van der Waals surface area contributed by atoms with E-state index in [1.165, 1.54) is 6.42 Å². The fourth-order valence-electron chi connectivity index (χ4n) is 1.38. The molecule has 0 aliphatic carbocycles. The molecule has 1 rings (SSSR count). The van der Waals surface area contributed by atoms with E-state index in [0.29, 0.717) is 13.2 Å². The average Bonchev–Trinajstić information content (AvgIpc) is 2.65. The van der Waals surface area contributed by atoms with Crippen molar-refractivity contribution < 1.29 is 9.15 Å². The van der Waals surface area contributed by atoms with Crippen LogP contribution < -0.4 is 5.73 Å². The van der Waals surface area contributed by atoms with E-state index in [9.17, 15) is 0 Å². The van der Waals surface area contributed by atoms with Gasteiger partial charge < -0.3 is 14.9 Å². The summed E-state index contributed by atoms with van der Waals surface area (Å²) in [4.78, 5) is 0. The zero-order valence-corrected chi connectivity index (χ0v) is 9.66. The first-order valence-electron chi connectivity index (χ1n) is 5.57. The van der Waals surface area contributed by atoms with Crippen molar-refractivity contribution >= 4 is 0 Å². The lowest BCUT2D eigenvalue weighted by atomic mass is 10.1. The Bertz CT molecular complexity index is 268. The van der Waals surface area contributed by atoms with E-state index in [4.69, 9.17) is 14.9 Å². The van der Waals surface area contributed by atoms with Crippen LogP contribution >= 0.6 is 0 Å². The predicted molar refractivity (Wildman–Crippen MR) is 60.3 cm³/mol. The third-order valence-electron chi connectivity index (χ3n) is 2.23. The van der Waals surface area contributed by atoms with Crippen LogP contribution in [0.2, 0.25) is 0 Å². The second kappa shape index (κ2) is 6.64. The van der Waals surface area contributed by atoms with Gasteiger partial charge in [-0.3, -0.25) is 0 Å². The highest BCUT2D eigenvalue weighted by atomic mass is 16.5. The van der Waals surface area contributed by atoms with Crippen LogP contribution in [-0.4, -0.2) is 6.61 Å². The van der Waals surface area contributed by atoms with Crippen molar-refractivity contribution in [2.45, 2.75) is 39.8 Å². The Morgan fingerprint density at radius 1 is 1.33 bits per heavy atom. The van der Waals surface area contributed by atoms with E-state index >= 15 is 0 Å². The van der Waals surface area contributed by atoms with Crippen molar-refractivity contribution in [2.75, 3.05) is 6.61 Å². The fraction of sp³-hybridized carbons (Fsp3) is 0.667. The normalized spacial score (nSPS) is 11.2. The number of furan rings is 1. The Morgan fingerprint density at radius 3 is 2.67 bits per heavy atom. The first-order valence-corrected chi connectivity index (χ1v) is 5.57. The van der Waals surface area contributed by atoms with Gasteiger partial charge in [-0.25, -0.2) is 0 Å². The molecule has 1 aromatic heterocycles. The Hall–Kier alpha value is -0.800. The molecule has 0 radical (unpaired) electrons. The average molecular weight is 211 g/mol. The molecule has 0 bridgehead atoms. The second-order valence-electron chi connectivity index (χ2n) is 4.16. The Kier molecular flexibility index (Phi) is 5.43. The first kappa shape index (κ1) is 12.3. The highest BCUT2D eigenvalue weighted by Crippen LogP contribution is 2.09. The van der Waals surface area contributed by atoms with Gasteiger partial charge in [0.05, 0.1) is 6.54 Å². The van der Waals surface area contributed by atoms with E-state index in [2.05, 4.69) is 13.8 Å². The molecular weight excluding hydrogens is 190 g/mol. The number of rotatable bonds is 7. The molecule has 0 unspecified atom stereocenters. The van der Waals surface area contributed by atoms with Crippen molar-refractivity contribution in [3.05, 3.63) is 23.7 Å². The molecular formula is C12H21NO2. The highest BCUT2D eigenvalue weighted by molar-refractivity contribution is 5.05. The number of ether oxygens (including phenoxy) is 1. The quantitative estimate of drug-likeness (QED) is 0.705. The van der Waals surface area contributed by atoms with Gasteiger partial charge in [-0.1, -0.05) is 13.8 Å². The molecule has 1 aromatic rings. The van der Waals surface area contributed by atoms with Gasteiger partial charge in [0.1, 0.15) is 18.1 Å². The molecule has 0 saturated heterocycles. The summed E-state index contributed by atoms with van der Waals surface area (Å²) in [5.41, 5.74) is 5.44. The lowest BCUT2D eigenvalue weighted by Crippen LogP contribution is -1.97. The summed E-state index contributed by atoms with van der Waals surface area (Å²) in [6.07, 6.45) is 2.33. The summed E-state index contributed by atoms with van der Waals surface area (Å²) in [7, 11) is 0. The molecule has 0 saturated carbocycles. The molecule has 86 valence electrons. The van der Waals surface area contributed by atoms with E-state index in [-0.39, 0.29) is 0 Å². The zero-order valence-electron chi connectivity index (χ0n) is 9.66. The van der Waals surface area contributed by atoms with Crippen molar-refractivity contribution in [2.24, 2.45) is 11.7 Å². The van der Waals surface area contributed by atoms with Crippen LogP contribution in [0.25, 0.3) is 0 Å². The summed E-state index contributed by atoms with van der Waals surface area (Å²) < 4.78 is 10.9. The SMILES string of the molecule is CC(C)CCCOCc1ccc(CN)o1. The topological polar surface area (TPSA) is 48.4 Å². The molecule has 3 heteroatoms. The van der Waals surface area contributed by atoms with Gasteiger partial charge in [0, 0.05) is 6.61 Å². The molecule has 3 nitrogen and oxygen atoms in total. The maximum Gasteiger partial charge on any atom is 0.129 e. The van der Waals surface area contributed by atoms with Crippen molar-refractivity contribution in [3.8, 4) is 0 Å². The largest absolute Gasteiger partial charge is 0.462 e. The highest BCUT2D eigenvalue weighted by Gasteiger charge is 2.00. The summed E-state index contributed by atoms with van der Waals surface area (Å²) in [6, 6.07) is 3.82. The summed E-state index contributed by atoms with van der Waals surface area (Å²) >= 11 is 0. The fourth-order valence-corrected chi connectivity index (χ4v) is 1.38. The minimum atomic E-state index is 0.452. The molecule has 0 aliphatic heterocycles. The monoisotopic (exact) mass is 211 g/mol. The number of hydrogen-bond donors (Lipinski definition) is 1. The molecule has 1 heterocycles. The van der Waals surface area contributed by atoms with E-state index in [0.717, 1.165) is 30.5 Å². The van der Waals surface area contributed by atoms with Crippen molar-refractivity contribution in [1.29, 1.82) is 0 Å². The molecule has 0 fully saturated rings. The van der Waals surface area contributed by atoms with Gasteiger partial charge in [0.15, 0.2) is 0 Å². The Morgan fingerprint density at radius 2 is 2.07 bits per heavy atom.